The third-order valence-corrected chi connectivity index (χ3v) is 4.99. The highest BCUT2D eigenvalue weighted by Gasteiger charge is 2.18. The number of hydrogen-bond acceptors (Lipinski definition) is 6. The quantitative estimate of drug-likeness (QED) is 0.628. The van der Waals surface area contributed by atoms with Crippen molar-refractivity contribution in [3.05, 3.63) is 58.2 Å². The summed E-state index contributed by atoms with van der Waals surface area (Å²) in [5.74, 6) is -0.285. The zero-order chi connectivity index (χ0) is 19.7. The predicted octanol–water partition coefficient (Wildman–Crippen LogP) is 3.78. The summed E-state index contributed by atoms with van der Waals surface area (Å²) < 4.78 is 0.971. The summed E-state index contributed by atoms with van der Waals surface area (Å²) in [7, 11) is 1.91. The van der Waals surface area contributed by atoms with E-state index in [0.29, 0.717) is 5.95 Å². The zero-order valence-corrected chi connectivity index (χ0v) is 16.7. The summed E-state index contributed by atoms with van der Waals surface area (Å²) in [5, 5.41) is 19.5. The van der Waals surface area contributed by atoms with Gasteiger partial charge in [-0.3, -0.25) is 9.80 Å². The van der Waals surface area contributed by atoms with Crippen molar-refractivity contribution in [2.24, 2.45) is 5.10 Å². The van der Waals surface area contributed by atoms with E-state index in [9.17, 15) is 9.90 Å². The summed E-state index contributed by atoms with van der Waals surface area (Å²) in [4.78, 5) is 20.1. The number of anilines is 2. The molecular weight excluding hydrogens is 422 g/mol. The molecule has 0 radical (unpaired) electrons. The molecule has 2 N–H and O–H groups in total. The second-order valence-corrected chi connectivity index (χ2v) is 7.68. The van der Waals surface area contributed by atoms with E-state index in [4.69, 9.17) is 0 Å². The molecule has 1 unspecified atom stereocenters. The fraction of sp³-hybridized carbons (Fsp3) is 0.200. The van der Waals surface area contributed by atoms with Gasteiger partial charge in [0.05, 0.1) is 11.9 Å². The number of hydrazone groups is 1. The fourth-order valence-electron chi connectivity index (χ4n) is 3.24. The molecule has 1 aliphatic heterocycles. The van der Waals surface area contributed by atoms with E-state index < -0.39 is 5.97 Å². The lowest BCUT2D eigenvalue weighted by molar-refractivity contribution is -0.136. The Balaban J connectivity index is 1.66. The van der Waals surface area contributed by atoms with Crippen LogP contribution in [0, 0.1) is 0 Å². The van der Waals surface area contributed by atoms with E-state index in [0.717, 1.165) is 38.7 Å². The highest BCUT2D eigenvalue weighted by Crippen LogP contribution is 2.27. The smallest absolute Gasteiger partial charge is 0.307 e. The molecule has 1 aliphatic rings. The van der Waals surface area contributed by atoms with Gasteiger partial charge in [0.1, 0.15) is 0 Å². The number of carboxylic acid groups (broad SMARTS) is 1. The van der Waals surface area contributed by atoms with E-state index in [2.05, 4.69) is 36.3 Å². The molecule has 3 aromatic rings. The largest absolute Gasteiger partial charge is 0.481 e. The third-order valence-electron chi connectivity index (χ3n) is 4.50. The van der Waals surface area contributed by atoms with Crippen LogP contribution in [0.3, 0.4) is 0 Å². The van der Waals surface area contributed by atoms with Crippen LogP contribution in [0.25, 0.3) is 10.9 Å². The van der Waals surface area contributed by atoms with Gasteiger partial charge in [0.15, 0.2) is 0 Å². The van der Waals surface area contributed by atoms with Crippen molar-refractivity contribution in [2.45, 2.75) is 12.3 Å². The molecule has 0 saturated carbocycles. The Morgan fingerprint density at radius 3 is 2.93 bits per heavy atom. The van der Waals surface area contributed by atoms with Gasteiger partial charge in [0, 0.05) is 47.5 Å². The first-order valence-electron chi connectivity index (χ1n) is 8.76. The zero-order valence-electron chi connectivity index (χ0n) is 15.1. The highest BCUT2D eigenvalue weighted by atomic mass is 79.9. The highest BCUT2D eigenvalue weighted by molar-refractivity contribution is 9.10. The topological polar surface area (TPSA) is 90.7 Å². The number of hydrogen-bond donors (Lipinski definition) is 2. The normalized spacial score (nSPS) is 15.9. The first kappa shape index (κ1) is 18.4. The van der Waals surface area contributed by atoms with Crippen molar-refractivity contribution in [3.63, 3.8) is 0 Å². The SMILES string of the molecule is CN1CC(c2cc(CC(=O)O)cc(Nc3ncc4cc(Br)ccc4n3)c2)C=N1. The monoisotopic (exact) mass is 439 g/mol. The molecule has 2 aromatic carbocycles. The molecule has 0 saturated heterocycles. The Hall–Kier alpha value is -3.00. The molecule has 8 heteroatoms. The van der Waals surface area contributed by atoms with Gasteiger partial charge in [0.25, 0.3) is 0 Å². The minimum Gasteiger partial charge on any atom is -0.481 e. The van der Waals surface area contributed by atoms with Crippen molar-refractivity contribution in [1.29, 1.82) is 0 Å². The van der Waals surface area contributed by atoms with Gasteiger partial charge in [-0.1, -0.05) is 22.0 Å². The van der Waals surface area contributed by atoms with Crippen LogP contribution < -0.4 is 5.32 Å². The molecule has 0 amide bonds. The van der Waals surface area contributed by atoms with Crippen molar-refractivity contribution < 1.29 is 9.90 Å². The lowest BCUT2D eigenvalue weighted by atomic mass is 9.96. The average Bonchev–Trinajstić information content (AvgIpc) is 3.07. The Morgan fingerprint density at radius 1 is 1.32 bits per heavy atom. The molecule has 28 heavy (non-hydrogen) atoms. The van der Waals surface area contributed by atoms with Crippen molar-refractivity contribution in [2.75, 3.05) is 18.9 Å². The molecule has 0 aliphatic carbocycles. The van der Waals surface area contributed by atoms with Crippen molar-refractivity contribution in [1.82, 2.24) is 15.0 Å². The molecule has 2 heterocycles. The maximum absolute atomic E-state index is 11.2. The number of carboxylic acids is 1. The number of likely N-dealkylation sites (N-methyl/N-ethyl adjacent to an activating group) is 1. The van der Waals surface area contributed by atoms with E-state index in [1.165, 1.54) is 0 Å². The van der Waals surface area contributed by atoms with Crippen LogP contribution in [0.2, 0.25) is 0 Å². The fourth-order valence-corrected chi connectivity index (χ4v) is 3.62. The van der Waals surface area contributed by atoms with Crippen molar-refractivity contribution >= 4 is 50.7 Å². The molecule has 142 valence electrons. The number of nitrogens with zero attached hydrogens (tertiary/aromatic N) is 4. The molecular formula is C20H18BrN5O2. The van der Waals surface area contributed by atoms with Crippen molar-refractivity contribution in [3.8, 4) is 0 Å². The first-order valence-corrected chi connectivity index (χ1v) is 9.56. The van der Waals surface area contributed by atoms with E-state index in [1.807, 2.05) is 54.7 Å². The third kappa shape index (κ3) is 4.12. The predicted molar refractivity (Wildman–Crippen MR) is 112 cm³/mol. The Kier molecular flexibility index (Phi) is 4.95. The van der Waals surface area contributed by atoms with Gasteiger partial charge < -0.3 is 10.4 Å². The average molecular weight is 440 g/mol. The second kappa shape index (κ2) is 7.55. The number of benzene rings is 2. The maximum atomic E-state index is 11.2. The van der Waals surface area contributed by atoms with E-state index in [-0.39, 0.29) is 12.3 Å². The minimum atomic E-state index is -0.868. The van der Waals surface area contributed by atoms with Crippen LogP contribution in [0.5, 0.6) is 0 Å². The van der Waals surface area contributed by atoms with Crippen LogP contribution in [0.15, 0.2) is 52.2 Å². The van der Waals surface area contributed by atoms with Crippen LogP contribution in [-0.2, 0) is 11.2 Å². The Morgan fingerprint density at radius 2 is 2.18 bits per heavy atom. The molecule has 7 nitrogen and oxygen atoms in total. The van der Waals surface area contributed by atoms with Crippen LogP contribution in [-0.4, -0.2) is 45.9 Å². The van der Waals surface area contributed by atoms with Crippen LogP contribution in [0.1, 0.15) is 17.0 Å². The number of aliphatic carboxylic acids is 1. The number of halogens is 1. The van der Waals surface area contributed by atoms with Gasteiger partial charge in [0.2, 0.25) is 5.95 Å². The number of fused-ring (bicyclic) bond motifs is 1. The number of carbonyl (C=O) groups is 1. The van der Waals surface area contributed by atoms with Gasteiger partial charge in [-0.25, -0.2) is 9.97 Å². The molecule has 0 spiro atoms. The van der Waals surface area contributed by atoms with Crippen LogP contribution in [0.4, 0.5) is 11.6 Å². The van der Waals surface area contributed by atoms with Gasteiger partial charge in [-0.15, -0.1) is 0 Å². The minimum absolute atomic E-state index is 0.0468. The summed E-state index contributed by atoms with van der Waals surface area (Å²) in [5.41, 5.74) is 3.32. The summed E-state index contributed by atoms with van der Waals surface area (Å²) in [6, 6.07) is 11.6. The van der Waals surface area contributed by atoms with Crippen LogP contribution >= 0.6 is 15.9 Å². The number of nitrogens with one attached hydrogen (secondary N) is 1. The van der Waals surface area contributed by atoms with Gasteiger partial charge >= 0.3 is 5.97 Å². The summed E-state index contributed by atoms with van der Waals surface area (Å²) >= 11 is 3.44. The second-order valence-electron chi connectivity index (χ2n) is 6.77. The number of rotatable bonds is 5. The maximum Gasteiger partial charge on any atom is 0.307 e. The number of aromatic nitrogens is 2. The summed E-state index contributed by atoms with van der Waals surface area (Å²) in [6.45, 7) is 0.761. The molecule has 1 aromatic heterocycles. The van der Waals surface area contributed by atoms with Gasteiger partial charge in [-0.2, -0.15) is 5.10 Å². The first-order chi connectivity index (χ1) is 13.5. The molecule has 1 atom stereocenters. The lowest BCUT2D eigenvalue weighted by Crippen LogP contribution is -2.13. The molecule has 4 rings (SSSR count). The van der Waals surface area contributed by atoms with E-state index in [1.54, 1.807) is 6.20 Å². The Bertz CT molecular complexity index is 1090. The van der Waals surface area contributed by atoms with Gasteiger partial charge in [-0.05, 0) is 41.5 Å². The molecule has 0 bridgehead atoms. The van der Waals surface area contributed by atoms with E-state index >= 15 is 0 Å². The summed E-state index contributed by atoms with van der Waals surface area (Å²) in [6.07, 6.45) is 3.60. The standard InChI is InChI=1S/C20H18BrN5O2/c1-26-11-15(10-23-26)13-4-12(6-19(27)28)5-17(8-13)24-20-22-9-14-7-16(21)2-3-18(14)25-20/h2-5,7-10,15H,6,11H2,1H3,(H,27,28)(H,22,24,25). The molecule has 0 fully saturated rings. The Labute approximate surface area is 170 Å². The lowest BCUT2D eigenvalue weighted by Gasteiger charge is -2.14.